The maximum Gasteiger partial charge on any atom is 0.335 e. The Labute approximate surface area is 180 Å². The molecule has 4 amide bonds. The second-order valence-corrected chi connectivity index (χ2v) is 7.38. The first kappa shape index (κ1) is 20.9. The molecule has 1 aliphatic heterocycles. The summed E-state index contributed by atoms with van der Waals surface area (Å²) in [5.41, 5.74) is 1.33. The molecular formula is C20H16BrClN2O5. The molecule has 0 saturated carbocycles. The fourth-order valence-corrected chi connectivity index (χ4v) is 3.36. The van der Waals surface area contributed by atoms with E-state index in [4.69, 9.17) is 21.1 Å². The topological polar surface area (TPSA) is 84.9 Å². The van der Waals surface area contributed by atoms with Crippen LogP contribution in [-0.2, 0) is 9.59 Å². The van der Waals surface area contributed by atoms with Gasteiger partial charge in [0.15, 0.2) is 11.5 Å². The number of nitrogens with zero attached hydrogens (tertiary/aromatic N) is 1. The molecule has 0 aromatic heterocycles. The molecular weight excluding hydrogens is 464 g/mol. The lowest BCUT2D eigenvalue weighted by Gasteiger charge is -2.26. The van der Waals surface area contributed by atoms with E-state index in [1.54, 1.807) is 31.2 Å². The molecule has 3 rings (SSSR count). The first-order valence-electron chi connectivity index (χ1n) is 8.36. The summed E-state index contributed by atoms with van der Waals surface area (Å²) in [4.78, 5) is 38.5. The van der Waals surface area contributed by atoms with Gasteiger partial charge in [-0.25, -0.2) is 9.69 Å². The van der Waals surface area contributed by atoms with Crippen LogP contribution in [0.15, 0.2) is 40.4 Å². The van der Waals surface area contributed by atoms with Gasteiger partial charge in [-0.3, -0.25) is 14.9 Å². The van der Waals surface area contributed by atoms with Crippen LogP contribution in [0.25, 0.3) is 6.08 Å². The van der Waals surface area contributed by atoms with Crippen molar-refractivity contribution in [3.05, 3.63) is 56.5 Å². The van der Waals surface area contributed by atoms with Gasteiger partial charge >= 0.3 is 6.03 Å². The monoisotopic (exact) mass is 478 g/mol. The van der Waals surface area contributed by atoms with Crippen LogP contribution in [0.2, 0.25) is 5.02 Å². The molecule has 2 aromatic rings. The van der Waals surface area contributed by atoms with Crippen LogP contribution >= 0.6 is 27.5 Å². The van der Waals surface area contributed by atoms with Crippen LogP contribution in [0.3, 0.4) is 0 Å². The molecule has 1 heterocycles. The summed E-state index contributed by atoms with van der Waals surface area (Å²) in [6, 6.07) is 7.18. The molecule has 0 unspecified atom stereocenters. The van der Waals surface area contributed by atoms with E-state index in [0.29, 0.717) is 26.6 Å². The lowest BCUT2D eigenvalue weighted by atomic mass is 10.1. The molecule has 7 nitrogen and oxygen atoms in total. The predicted octanol–water partition coefficient (Wildman–Crippen LogP) is 4.09. The molecule has 9 heteroatoms. The summed E-state index contributed by atoms with van der Waals surface area (Å²) < 4.78 is 11.1. The Hall–Kier alpha value is -2.84. The van der Waals surface area contributed by atoms with Crippen molar-refractivity contribution in [1.29, 1.82) is 0 Å². The molecule has 0 radical (unpaired) electrons. The van der Waals surface area contributed by atoms with E-state index in [2.05, 4.69) is 21.2 Å². The average Bonchev–Trinajstić information content (AvgIpc) is 2.68. The van der Waals surface area contributed by atoms with Gasteiger partial charge in [-0.05, 0) is 48.4 Å². The fourth-order valence-electron chi connectivity index (χ4n) is 2.75. The molecule has 29 heavy (non-hydrogen) atoms. The number of methoxy groups -OCH3 is 2. The van der Waals surface area contributed by atoms with Gasteiger partial charge in [0.05, 0.1) is 19.9 Å². The first-order valence-corrected chi connectivity index (χ1v) is 9.53. The maximum absolute atomic E-state index is 13.0. The zero-order valence-electron chi connectivity index (χ0n) is 15.7. The minimum absolute atomic E-state index is 0.214. The molecule has 0 aliphatic carbocycles. The zero-order chi connectivity index (χ0) is 21.3. The van der Waals surface area contributed by atoms with Gasteiger partial charge in [-0.15, -0.1) is 0 Å². The number of carbonyl (C=O) groups is 3. The number of imide groups is 2. The van der Waals surface area contributed by atoms with E-state index in [-0.39, 0.29) is 11.3 Å². The smallest absolute Gasteiger partial charge is 0.335 e. The largest absolute Gasteiger partial charge is 0.493 e. The molecule has 0 bridgehead atoms. The van der Waals surface area contributed by atoms with Gasteiger partial charge in [0.2, 0.25) is 0 Å². The Morgan fingerprint density at radius 3 is 2.34 bits per heavy atom. The Kier molecular flexibility index (Phi) is 5.95. The predicted molar refractivity (Wildman–Crippen MR) is 112 cm³/mol. The van der Waals surface area contributed by atoms with E-state index in [0.717, 1.165) is 10.5 Å². The second-order valence-electron chi connectivity index (χ2n) is 6.12. The number of hydrogen-bond acceptors (Lipinski definition) is 5. The van der Waals surface area contributed by atoms with E-state index in [9.17, 15) is 14.4 Å². The Bertz CT molecular complexity index is 1070. The van der Waals surface area contributed by atoms with Crippen molar-refractivity contribution >= 4 is 57.1 Å². The number of halogens is 2. The molecule has 0 atom stereocenters. The standard InChI is InChI=1S/C20H16BrClN2O5/c1-10-4-5-12(8-15(10)22)24-19(26)13(18(25)23-20(24)27)6-11-7-16(28-2)17(29-3)9-14(11)21/h4-9H,1-3H3,(H,23,25,27)/b13-6-. The van der Waals surface area contributed by atoms with Crippen molar-refractivity contribution in [2.45, 2.75) is 6.92 Å². The number of anilines is 1. The van der Waals surface area contributed by atoms with Gasteiger partial charge in [-0.1, -0.05) is 33.6 Å². The number of barbiturate groups is 1. The second kappa shape index (κ2) is 8.26. The SMILES string of the molecule is COc1cc(Br)c(/C=C2/C(=O)NC(=O)N(c3ccc(C)c(Cl)c3)C2=O)cc1OC. The van der Waals surface area contributed by atoms with Crippen LogP contribution in [0.1, 0.15) is 11.1 Å². The van der Waals surface area contributed by atoms with E-state index in [1.807, 2.05) is 0 Å². The highest BCUT2D eigenvalue weighted by Gasteiger charge is 2.37. The first-order chi connectivity index (χ1) is 13.8. The van der Waals surface area contributed by atoms with Crippen molar-refractivity contribution in [2.24, 2.45) is 0 Å². The van der Waals surface area contributed by atoms with E-state index >= 15 is 0 Å². The number of urea groups is 1. The highest BCUT2D eigenvalue weighted by atomic mass is 79.9. The maximum atomic E-state index is 13.0. The normalized spacial score (nSPS) is 15.6. The third kappa shape index (κ3) is 3.99. The summed E-state index contributed by atoms with van der Waals surface area (Å²) in [6.45, 7) is 1.80. The van der Waals surface area contributed by atoms with E-state index < -0.39 is 17.8 Å². The summed E-state index contributed by atoms with van der Waals surface area (Å²) >= 11 is 9.51. The number of amides is 4. The summed E-state index contributed by atoms with van der Waals surface area (Å²) in [5, 5.41) is 2.57. The number of hydrogen-bond donors (Lipinski definition) is 1. The third-order valence-corrected chi connectivity index (χ3v) is 5.41. The number of ether oxygens (including phenoxy) is 2. The number of benzene rings is 2. The van der Waals surface area contributed by atoms with Gasteiger partial charge in [0.25, 0.3) is 11.8 Å². The van der Waals surface area contributed by atoms with Crippen molar-refractivity contribution < 1.29 is 23.9 Å². The highest BCUT2D eigenvalue weighted by Crippen LogP contribution is 2.35. The zero-order valence-corrected chi connectivity index (χ0v) is 18.1. The summed E-state index contributed by atoms with van der Waals surface area (Å²) in [5.74, 6) is -0.659. The lowest BCUT2D eigenvalue weighted by Crippen LogP contribution is -2.54. The van der Waals surface area contributed by atoms with Crippen LogP contribution in [-0.4, -0.2) is 32.1 Å². The van der Waals surface area contributed by atoms with Crippen molar-refractivity contribution in [1.82, 2.24) is 5.32 Å². The highest BCUT2D eigenvalue weighted by molar-refractivity contribution is 9.10. The van der Waals surface area contributed by atoms with Crippen molar-refractivity contribution in [3.63, 3.8) is 0 Å². The summed E-state index contributed by atoms with van der Waals surface area (Å²) in [7, 11) is 2.97. The van der Waals surface area contributed by atoms with Crippen LogP contribution in [0.4, 0.5) is 10.5 Å². The molecule has 2 aromatic carbocycles. The fraction of sp³-hybridized carbons (Fsp3) is 0.150. The molecule has 1 fully saturated rings. The van der Waals surface area contributed by atoms with E-state index in [1.165, 1.54) is 26.4 Å². The number of aryl methyl sites for hydroxylation is 1. The van der Waals surface area contributed by atoms with Gasteiger partial charge < -0.3 is 9.47 Å². The molecule has 1 aliphatic rings. The minimum atomic E-state index is -0.844. The third-order valence-electron chi connectivity index (χ3n) is 4.32. The number of carbonyl (C=O) groups excluding carboxylic acids is 3. The van der Waals surface area contributed by atoms with Crippen molar-refractivity contribution in [2.75, 3.05) is 19.1 Å². The molecule has 1 N–H and O–H groups in total. The number of nitrogens with one attached hydrogen (secondary N) is 1. The van der Waals surface area contributed by atoms with Gasteiger partial charge in [0.1, 0.15) is 5.57 Å². The number of rotatable bonds is 4. The van der Waals surface area contributed by atoms with Gasteiger partial charge in [0, 0.05) is 9.50 Å². The molecule has 0 spiro atoms. The van der Waals surface area contributed by atoms with Crippen LogP contribution < -0.4 is 19.7 Å². The molecule has 1 saturated heterocycles. The lowest BCUT2D eigenvalue weighted by molar-refractivity contribution is -0.122. The van der Waals surface area contributed by atoms with Crippen LogP contribution in [0, 0.1) is 6.92 Å². The quantitative estimate of drug-likeness (QED) is 0.527. The molecule has 150 valence electrons. The Morgan fingerprint density at radius 2 is 1.72 bits per heavy atom. The van der Waals surface area contributed by atoms with Gasteiger partial charge in [-0.2, -0.15) is 0 Å². The summed E-state index contributed by atoms with van der Waals surface area (Å²) in [6.07, 6.45) is 1.37. The Morgan fingerprint density at radius 1 is 1.07 bits per heavy atom. The van der Waals surface area contributed by atoms with Crippen molar-refractivity contribution in [3.8, 4) is 11.5 Å². The minimum Gasteiger partial charge on any atom is -0.493 e. The average molecular weight is 480 g/mol. The Balaban J connectivity index is 2.07. The van der Waals surface area contributed by atoms with Crippen LogP contribution in [0.5, 0.6) is 11.5 Å².